The third kappa shape index (κ3) is 3.78. The Bertz CT molecular complexity index is 908. The van der Waals surface area contributed by atoms with Crippen molar-refractivity contribution < 1.29 is 14.3 Å². The molecule has 0 saturated heterocycles. The number of thiophene rings is 1. The summed E-state index contributed by atoms with van der Waals surface area (Å²) in [7, 11) is 1.32. The van der Waals surface area contributed by atoms with Crippen molar-refractivity contribution in [2.24, 2.45) is 0 Å². The maximum absolute atomic E-state index is 12.4. The summed E-state index contributed by atoms with van der Waals surface area (Å²) in [5.41, 5.74) is 2.33. The van der Waals surface area contributed by atoms with Gasteiger partial charge in [-0.2, -0.15) is 0 Å². The second kappa shape index (κ2) is 7.58. The van der Waals surface area contributed by atoms with Crippen molar-refractivity contribution in [1.82, 2.24) is 4.98 Å². The Kier molecular flexibility index (Phi) is 5.25. The van der Waals surface area contributed by atoms with Crippen molar-refractivity contribution in [3.8, 4) is 11.1 Å². The predicted molar refractivity (Wildman–Crippen MR) is 101 cm³/mol. The number of hydrogen-bond acceptors (Lipinski definition) is 5. The van der Waals surface area contributed by atoms with E-state index in [2.05, 4.69) is 26.2 Å². The van der Waals surface area contributed by atoms with Gasteiger partial charge in [-0.1, -0.05) is 28.1 Å². The van der Waals surface area contributed by atoms with Gasteiger partial charge in [0.2, 0.25) is 0 Å². The first-order chi connectivity index (χ1) is 12.1. The summed E-state index contributed by atoms with van der Waals surface area (Å²) in [5, 5.41) is 5.04. The molecule has 0 saturated carbocycles. The number of carbonyl (C=O) groups is 2. The smallest absolute Gasteiger partial charge is 0.341 e. The Balaban J connectivity index is 1.98. The van der Waals surface area contributed by atoms with Crippen LogP contribution in [0.5, 0.6) is 0 Å². The third-order valence-corrected chi connectivity index (χ3v) is 4.91. The van der Waals surface area contributed by atoms with E-state index in [1.807, 2.05) is 29.6 Å². The van der Waals surface area contributed by atoms with E-state index in [-0.39, 0.29) is 5.91 Å². The highest BCUT2D eigenvalue weighted by molar-refractivity contribution is 9.10. The number of halogens is 1. The number of carbonyl (C=O) groups excluding carboxylic acids is 2. The van der Waals surface area contributed by atoms with Crippen LogP contribution in [0, 0.1) is 0 Å². The molecule has 3 rings (SSSR count). The fraction of sp³-hybridized carbons (Fsp3) is 0.0556. The van der Waals surface area contributed by atoms with Crippen molar-refractivity contribution in [3.05, 3.63) is 69.8 Å². The number of hydrogen-bond donors (Lipinski definition) is 1. The lowest BCUT2D eigenvalue weighted by molar-refractivity contribution is 0.0603. The quantitative estimate of drug-likeness (QED) is 0.630. The van der Waals surface area contributed by atoms with Gasteiger partial charge in [-0.05, 0) is 29.8 Å². The molecule has 2 aromatic heterocycles. The van der Waals surface area contributed by atoms with Crippen LogP contribution in [-0.2, 0) is 4.74 Å². The number of rotatable bonds is 4. The molecular formula is C18H13BrN2O3S. The zero-order chi connectivity index (χ0) is 17.8. The van der Waals surface area contributed by atoms with Gasteiger partial charge in [0, 0.05) is 27.8 Å². The molecule has 1 N–H and O–H groups in total. The zero-order valence-corrected chi connectivity index (χ0v) is 15.6. The number of pyridine rings is 1. The normalized spacial score (nSPS) is 10.3. The van der Waals surface area contributed by atoms with Gasteiger partial charge < -0.3 is 10.1 Å². The van der Waals surface area contributed by atoms with Crippen molar-refractivity contribution in [3.63, 3.8) is 0 Å². The molecule has 0 unspecified atom stereocenters. The van der Waals surface area contributed by atoms with Gasteiger partial charge in [0.25, 0.3) is 5.91 Å². The van der Waals surface area contributed by atoms with Crippen LogP contribution in [0.2, 0.25) is 0 Å². The second-order valence-electron chi connectivity index (χ2n) is 5.05. The lowest BCUT2D eigenvalue weighted by Crippen LogP contribution is -2.14. The number of methoxy groups -OCH3 is 1. The Morgan fingerprint density at radius 3 is 2.60 bits per heavy atom. The SMILES string of the molecule is COC(=O)c1c(-c2ccc(Br)cc2)csc1NC(=O)c1cccnc1. The average Bonchev–Trinajstić information content (AvgIpc) is 3.06. The van der Waals surface area contributed by atoms with Crippen LogP contribution in [-0.4, -0.2) is 24.0 Å². The maximum atomic E-state index is 12.4. The van der Waals surface area contributed by atoms with Gasteiger partial charge in [-0.25, -0.2) is 4.79 Å². The summed E-state index contributed by atoms with van der Waals surface area (Å²) in [4.78, 5) is 28.6. The predicted octanol–water partition coefficient (Wildman–Crippen LogP) is 4.61. The monoisotopic (exact) mass is 416 g/mol. The standard InChI is InChI=1S/C18H13BrN2O3S/c1-24-18(23)15-14(11-4-6-13(19)7-5-11)10-25-17(15)21-16(22)12-3-2-8-20-9-12/h2-10H,1H3,(H,21,22). The fourth-order valence-electron chi connectivity index (χ4n) is 2.27. The number of nitrogens with one attached hydrogen (secondary N) is 1. The van der Waals surface area contributed by atoms with Crippen LogP contribution in [0.4, 0.5) is 5.00 Å². The highest BCUT2D eigenvalue weighted by Gasteiger charge is 2.22. The van der Waals surface area contributed by atoms with Gasteiger partial charge in [-0.3, -0.25) is 9.78 Å². The minimum Gasteiger partial charge on any atom is -0.465 e. The minimum absolute atomic E-state index is 0.331. The lowest BCUT2D eigenvalue weighted by atomic mass is 10.0. The average molecular weight is 417 g/mol. The maximum Gasteiger partial charge on any atom is 0.341 e. The summed E-state index contributed by atoms with van der Waals surface area (Å²) < 4.78 is 5.84. The summed E-state index contributed by atoms with van der Waals surface area (Å²) in [6.07, 6.45) is 3.06. The minimum atomic E-state index is -0.499. The molecule has 5 nitrogen and oxygen atoms in total. The number of amides is 1. The molecule has 0 aliphatic carbocycles. The van der Waals surface area contributed by atoms with Gasteiger partial charge in [0.1, 0.15) is 10.6 Å². The molecular weight excluding hydrogens is 404 g/mol. The van der Waals surface area contributed by atoms with E-state index in [0.29, 0.717) is 21.7 Å². The van der Waals surface area contributed by atoms with E-state index in [1.54, 1.807) is 18.3 Å². The number of benzene rings is 1. The van der Waals surface area contributed by atoms with Crippen LogP contribution in [0.3, 0.4) is 0 Å². The molecule has 1 aromatic carbocycles. The third-order valence-electron chi connectivity index (χ3n) is 3.49. The molecule has 25 heavy (non-hydrogen) atoms. The van der Waals surface area contributed by atoms with E-state index >= 15 is 0 Å². The first-order valence-electron chi connectivity index (χ1n) is 7.27. The molecule has 0 aliphatic rings. The van der Waals surface area contributed by atoms with E-state index in [4.69, 9.17) is 4.74 Å². The summed E-state index contributed by atoms with van der Waals surface area (Å²) in [5.74, 6) is -0.830. The Labute approximate surface area is 156 Å². The molecule has 0 atom stereocenters. The summed E-state index contributed by atoms with van der Waals surface area (Å²) in [6, 6.07) is 10.9. The number of anilines is 1. The zero-order valence-electron chi connectivity index (χ0n) is 13.2. The van der Waals surface area contributed by atoms with Crippen molar-refractivity contribution >= 4 is 44.1 Å². The van der Waals surface area contributed by atoms with E-state index in [0.717, 1.165) is 10.0 Å². The molecule has 0 bridgehead atoms. The number of esters is 1. The Hall–Kier alpha value is -2.51. The van der Waals surface area contributed by atoms with E-state index < -0.39 is 5.97 Å². The van der Waals surface area contributed by atoms with Crippen LogP contribution in [0.15, 0.2) is 58.6 Å². The highest BCUT2D eigenvalue weighted by atomic mass is 79.9. The molecule has 0 aliphatic heterocycles. The first kappa shape index (κ1) is 17.3. The molecule has 2 heterocycles. The van der Waals surface area contributed by atoms with Crippen LogP contribution >= 0.6 is 27.3 Å². The van der Waals surface area contributed by atoms with Crippen molar-refractivity contribution in [2.45, 2.75) is 0 Å². The molecule has 0 radical (unpaired) electrons. The number of aromatic nitrogens is 1. The van der Waals surface area contributed by atoms with Crippen LogP contribution in [0.1, 0.15) is 20.7 Å². The van der Waals surface area contributed by atoms with E-state index in [1.165, 1.54) is 24.6 Å². The molecule has 7 heteroatoms. The lowest BCUT2D eigenvalue weighted by Gasteiger charge is -2.08. The molecule has 0 fully saturated rings. The molecule has 1 amide bonds. The van der Waals surface area contributed by atoms with Crippen molar-refractivity contribution in [2.75, 3.05) is 12.4 Å². The summed E-state index contributed by atoms with van der Waals surface area (Å²) in [6.45, 7) is 0. The Morgan fingerprint density at radius 1 is 1.20 bits per heavy atom. The molecule has 3 aromatic rings. The molecule has 126 valence electrons. The van der Waals surface area contributed by atoms with Crippen LogP contribution < -0.4 is 5.32 Å². The fourth-order valence-corrected chi connectivity index (χ4v) is 3.49. The van der Waals surface area contributed by atoms with Gasteiger partial charge in [0.15, 0.2) is 0 Å². The van der Waals surface area contributed by atoms with Gasteiger partial charge >= 0.3 is 5.97 Å². The highest BCUT2D eigenvalue weighted by Crippen LogP contribution is 2.36. The second-order valence-corrected chi connectivity index (χ2v) is 6.84. The first-order valence-corrected chi connectivity index (χ1v) is 8.94. The topological polar surface area (TPSA) is 68.3 Å². The van der Waals surface area contributed by atoms with Gasteiger partial charge in [0.05, 0.1) is 12.7 Å². The van der Waals surface area contributed by atoms with Crippen LogP contribution in [0.25, 0.3) is 11.1 Å². The number of nitrogens with zero attached hydrogens (tertiary/aromatic N) is 1. The Morgan fingerprint density at radius 2 is 1.96 bits per heavy atom. The van der Waals surface area contributed by atoms with Crippen molar-refractivity contribution in [1.29, 1.82) is 0 Å². The summed E-state index contributed by atoms with van der Waals surface area (Å²) >= 11 is 4.67. The molecule has 0 spiro atoms. The van der Waals surface area contributed by atoms with E-state index in [9.17, 15) is 9.59 Å². The number of ether oxygens (including phenoxy) is 1. The largest absolute Gasteiger partial charge is 0.465 e. The van der Waals surface area contributed by atoms with Gasteiger partial charge in [-0.15, -0.1) is 11.3 Å².